The molecule has 28 heavy (non-hydrogen) atoms. The van der Waals surface area contributed by atoms with Crippen LogP contribution < -0.4 is 5.32 Å². The lowest BCUT2D eigenvalue weighted by Crippen LogP contribution is -2.49. The summed E-state index contributed by atoms with van der Waals surface area (Å²) in [6.07, 6.45) is -0.258. The number of amides is 2. The molecule has 0 spiro atoms. The number of ether oxygens (including phenoxy) is 1. The van der Waals surface area contributed by atoms with Crippen molar-refractivity contribution in [3.63, 3.8) is 0 Å². The molecule has 0 unspecified atom stereocenters. The summed E-state index contributed by atoms with van der Waals surface area (Å²) in [7, 11) is 1.75. The lowest BCUT2D eigenvalue weighted by atomic mass is 10.1. The van der Waals surface area contributed by atoms with Crippen LogP contribution in [-0.2, 0) is 15.7 Å². The highest BCUT2D eigenvalue weighted by molar-refractivity contribution is 5.99. The minimum absolute atomic E-state index is 0.0605. The first-order valence-corrected chi connectivity index (χ1v) is 9.01. The summed E-state index contributed by atoms with van der Waals surface area (Å²) in [6.45, 7) is 1.99. The number of alkyl halides is 3. The zero-order valence-corrected chi connectivity index (χ0v) is 15.5. The molecular weight excluding hydrogens is 375 g/mol. The minimum atomic E-state index is -4.64. The first-order valence-electron chi connectivity index (χ1n) is 9.01. The van der Waals surface area contributed by atoms with Gasteiger partial charge >= 0.3 is 6.18 Å². The van der Waals surface area contributed by atoms with Crippen LogP contribution in [0.5, 0.6) is 0 Å². The van der Waals surface area contributed by atoms with Crippen molar-refractivity contribution >= 4 is 17.5 Å². The largest absolute Gasteiger partial charge is 0.416 e. The molecule has 2 aliphatic heterocycles. The Bertz CT molecular complexity index is 779. The van der Waals surface area contributed by atoms with Gasteiger partial charge in [-0.25, -0.2) is 0 Å². The molecule has 2 amide bonds. The number of carbonyl (C=O) groups is 2. The molecule has 9 heteroatoms. The van der Waals surface area contributed by atoms with Gasteiger partial charge in [0.2, 0.25) is 5.91 Å². The number of nitrogens with zero attached hydrogens (tertiary/aromatic N) is 2. The molecule has 1 aromatic carbocycles. The predicted octanol–water partition coefficient (Wildman–Crippen LogP) is 2.38. The van der Waals surface area contributed by atoms with Crippen molar-refractivity contribution in [2.75, 3.05) is 45.2 Å². The normalized spacial score (nSPS) is 20.9. The number of carbonyl (C=O) groups excluding carboxylic acids is 2. The van der Waals surface area contributed by atoms with E-state index in [1.54, 1.807) is 18.0 Å². The zero-order valence-electron chi connectivity index (χ0n) is 15.5. The molecule has 1 saturated heterocycles. The number of halogens is 3. The summed E-state index contributed by atoms with van der Waals surface area (Å²) in [6, 6.07) is 2.35. The summed E-state index contributed by atoms with van der Waals surface area (Å²) < 4.78 is 45.3. The van der Waals surface area contributed by atoms with Gasteiger partial charge in [0.25, 0.3) is 5.91 Å². The molecule has 1 atom stereocenters. The van der Waals surface area contributed by atoms with Gasteiger partial charge in [0.1, 0.15) is 6.04 Å². The van der Waals surface area contributed by atoms with Gasteiger partial charge in [-0.05, 0) is 31.7 Å². The second kappa shape index (κ2) is 8.32. The van der Waals surface area contributed by atoms with Crippen LogP contribution >= 0.6 is 0 Å². The van der Waals surface area contributed by atoms with Crippen molar-refractivity contribution in [2.45, 2.75) is 18.6 Å². The highest BCUT2D eigenvalue weighted by Crippen LogP contribution is 2.32. The Hall–Kier alpha value is -2.39. The fourth-order valence-corrected chi connectivity index (χ4v) is 3.18. The molecule has 2 heterocycles. The fourth-order valence-electron chi connectivity index (χ4n) is 3.18. The smallest absolute Gasteiger partial charge is 0.378 e. The van der Waals surface area contributed by atoms with Crippen molar-refractivity contribution < 1.29 is 27.5 Å². The van der Waals surface area contributed by atoms with Crippen LogP contribution in [0.4, 0.5) is 18.9 Å². The molecule has 1 aromatic rings. The van der Waals surface area contributed by atoms with E-state index in [4.69, 9.17) is 4.74 Å². The second-order valence-corrected chi connectivity index (χ2v) is 6.87. The topological polar surface area (TPSA) is 61.9 Å². The van der Waals surface area contributed by atoms with Crippen LogP contribution in [0.25, 0.3) is 0 Å². The van der Waals surface area contributed by atoms with E-state index < -0.39 is 29.6 Å². The van der Waals surface area contributed by atoms with Crippen LogP contribution in [0.1, 0.15) is 22.3 Å². The molecule has 0 radical (unpaired) electrons. The van der Waals surface area contributed by atoms with Crippen LogP contribution in [0.15, 0.2) is 30.4 Å². The third-order valence-electron chi connectivity index (χ3n) is 4.82. The highest BCUT2D eigenvalue weighted by atomic mass is 19.4. The van der Waals surface area contributed by atoms with E-state index in [-0.39, 0.29) is 17.9 Å². The average molecular weight is 397 g/mol. The maximum atomic E-state index is 13.3. The highest BCUT2D eigenvalue weighted by Gasteiger charge is 2.33. The van der Waals surface area contributed by atoms with E-state index >= 15 is 0 Å². The van der Waals surface area contributed by atoms with Crippen LogP contribution in [0, 0.1) is 0 Å². The number of rotatable bonds is 3. The third-order valence-corrected chi connectivity index (χ3v) is 4.82. The van der Waals surface area contributed by atoms with Crippen molar-refractivity contribution in [2.24, 2.45) is 0 Å². The van der Waals surface area contributed by atoms with Gasteiger partial charge in [0.15, 0.2) is 0 Å². The van der Waals surface area contributed by atoms with Gasteiger partial charge in [-0.3, -0.25) is 14.5 Å². The first kappa shape index (κ1) is 20.3. The molecule has 1 N–H and O–H groups in total. The summed E-state index contributed by atoms with van der Waals surface area (Å²) in [5, 5.41) is 2.51. The molecule has 152 valence electrons. The van der Waals surface area contributed by atoms with Crippen molar-refractivity contribution in [3.05, 3.63) is 41.5 Å². The molecule has 0 saturated carbocycles. The van der Waals surface area contributed by atoms with Gasteiger partial charge in [-0.15, -0.1) is 0 Å². The third kappa shape index (κ3) is 4.71. The molecule has 1 fully saturated rings. The van der Waals surface area contributed by atoms with Crippen LogP contribution in [0.3, 0.4) is 0 Å². The Labute approximate surface area is 160 Å². The zero-order chi connectivity index (χ0) is 20.3. The minimum Gasteiger partial charge on any atom is -0.378 e. The summed E-state index contributed by atoms with van der Waals surface area (Å²) in [4.78, 5) is 28.4. The Morgan fingerprint density at radius 3 is 2.61 bits per heavy atom. The van der Waals surface area contributed by atoms with Crippen molar-refractivity contribution in [3.8, 4) is 0 Å². The van der Waals surface area contributed by atoms with E-state index in [2.05, 4.69) is 5.32 Å². The number of likely N-dealkylation sites (N-methyl/N-ethyl adjacent to an activating group) is 1. The van der Waals surface area contributed by atoms with Gasteiger partial charge < -0.3 is 15.0 Å². The SMILES string of the molecule is CN1CCOC[C@H]1C(=O)Nc1cc(C(=O)N2CC=CCC2)cc(C(F)(F)F)c1. The van der Waals surface area contributed by atoms with E-state index in [1.165, 1.54) is 11.0 Å². The number of hydrogen-bond donors (Lipinski definition) is 1. The summed E-state index contributed by atoms with van der Waals surface area (Å²) in [5.74, 6) is -0.968. The van der Waals surface area contributed by atoms with Crippen molar-refractivity contribution in [1.29, 1.82) is 0 Å². The second-order valence-electron chi connectivity index (χ2n) is 6.87. The molecule has 3 rings (SSSR count). The molecule has 6 nitrogen and oxygen atoms in total. The lowest BCUT2D eigenvalue weighted by molar-refractivity contribution is -0.137. The number of nitrogens with one attached hydrogen (secondary N) is 1. The van der Waals surface area contributed by atoms with Gasteiger partial charge in [-0.1, -0.05) is 12.2 Å². The lowest BCUT2D eigenvalue weighted by Gasteiger charge is -2.31. The number of hydrogen-bond acceptors (Lipinski definition) is 4. The van der Waals surface area contributed by atoms with E-state index in [9.17, 15) is 22.8 Å². The monoisotopic (exact) mass is 397 g/mol. The maximum absolute atomic E-state index is 13.3. The fraction of sp³-hybridized carbons (Fsp3) is 0.474. The number of anilines is 1. The van der Waals surface area contributed by atoms with Crippen LogP contribution in [-0.4, -0.2) is 67.6 Å². The molecule has 2 aliphatic rings. The summed E-state index contributed by atoms with van der Waals surface area (Å²) in [5.41, 5.74) is -1.14. The Kier molecular flexibility index (Phi) is 6.04. The molecule has 0 aromatic heterocycles. The van der Waals surface area contributed by atoms with E-state index in [1.807, 2.05) is 6.08 Å². The Balaban J connectivity index is 1.86. The van der Waals surface area contributed by atoms with Gasteiger partial charge in [0, 0.05) is 30.9 Å². The van der Waals surface area contributed by atoms with Gasteiger partial charge in [-0.2, -0.15) is 13.2 Å². The van der Waals surface area contributed by atoms with Crippen LogP contribution in [0.2, 0.25) is 0 Å². The van der Waals surface area contributed by atoms with E-state index in [0.717, 1.165) is 12.1 Å². The Morgan fingerprint density at radius 2 is 1.96 bits per heavy atom. The van der Waals surface area contributed by atoms with Crippen molar-refractivity contribution in [1.82, 2.24) is 9.80 Å². The Morgan fingerprint density at radius 1 is 1.18 bits per heavy atom. The maximum Gasteiger partial charge on any atom is 0.416 e. The predicted molar refractivity (Wildman–Crippen MR) is 97.0 cm³/mol. The first-order chi connectivity index (χ1) is 13.3. The van der Waals surface area contributed by atoms with Gasteiger partial charge in [0.05, 0.1) is 18.8 Å². The average Bonchev–Trinajstić information content (AvgIpc) is 2.67. The molecular formula is C19H22F3N3O3. The quantitative estimate of drug-likeness (QED) is 0.796. The molecule has 0 aliphatic carbocycles. The number of morpholine rings is 1. The molecule has 0 bridgehead atoms. The number of benzene rings is 1. The standard InChI is InChI=1S/C19H22F3N3O3/c1-24-7-8-28-12-16(24)17(26)23-15-10-13(9-14(11-15)19(20,21)22)18(27)25-5-3-2-4-6-25/h2-3,9-11,16H,4-8,12H2,1H3,(H,23,26)/t16-/m0/s1. The van der Waals surface area contributed by atoms with E-state index in [0.29, 0.717) is 32.7 Å². The summed E-state index contributed by atoms with van der Waals surface area (Å²) >= 11 is 0.